The molecule has 1 atom stereocenters. The van der Waals surface area contributed by atoms with E-state index in [9.17, 15) is 9.90 Å². The summed E-state index contributed by atoms with van der Waals surface area (Å²) in [6.07, 6.45) is 2.49. The molecular weight excluding hydrogens is 466 g/mol. The number of nitrogens with one attached hydrogen (secondary N) is 3. The highest BCUT2D eigenvalue weighted by molar-refractivity contribution is 6.30. The summed E-state index contributed by atoms with van der Waals surface area (Å²) in [4.78, 5) is 25.5. The normalized spacial score (nSPS) is 14.6. The minimum absolute atomic E-state index is 0.202. The summed E-state index contributed by atoms with van der Waals surface area (Å²) in [7, 11) is 0. The minimum Gasteiger partial charge on any atom is -0.387 e. The maximum atomic E-state index is 12.7. The zero-order chi connectivity index (χ0) is 24.2. The number of halogens is 1. The summed E-state index contributed by atoms with van der Waals surface area (Å²) in [5.74, 6) is 0.443. The van der Waals surface area contributed by atoms with E-state index < -0.39 is 6.10 Å². The van der Waals surface area contributed by atoms with Crippen LogP contribution in [0.4, 0.5) is 11.4 Å². The Morgan fingerprint density at radius 3 is 2.71 bits per heavy atom. The molecule has 180 valence electrons. The van der Waals surface area contributed by atoms with Crippen LogP contribution in [0.1, 0.15) is 11.7 Å². The Balaban J connectivity index is 1.34. The number of H-pyrrole nitrogens is 2. The summed E-state index contributed by atoms with van der Waals surface area (Å²) in [5.41, 5.74) is 4.29. The number of rotatable bonds is 7. The molecule has 4 aromatic rings. The molecule has 1 unspecified atom stereocenters. The van der Waals surface area contributed by atoms with Crippen LogP contribution in [0, 0.1) is 0 Å². The number of aliphatic hydroxyl groups excluding tert-OH is 1. The van der Waals surface area contributed by atoms with Crippen molar-refractivity contribution >= 4 is 23.0 Å². The van der Waals surface area contributed by atoms with Gasteiger partial charge in [-0.15, -0.1) is 0 Å². The Kier molecular flexibility index (Phi) is 6.85. The van der Waals surface area contributed by atoms with Gasteiger partial charge in [0.25, 0.3) is 5.56 Å². The number of ether oxygens (including phenoxy) is 1. The molecule has 0 saturated carbocycles. The number of nitrogens with zero attached hydrogens (tertiary/aromatic N) is 2. The molecule has 1 fully saturated rings. The van der Waals surface area contributed by atoms with E-state index in [1.807, 2.05) is 12.1 Å². The number of benzene rings is 2. The van der Waals surface area contributed by atoms with Gasteiger partial charge in [-0.2, -0.15) is 0 Å². The van der Waals surface area contributed by atoms with Crippen LogP contribution in [0.5, 0.6) is 0 Å². The Morgan fingerprint density at radius 2 is 1.94 bits per heavy atom. The fourth-order valence-corrected chi connectivity index (χ4v) is 4.37. The zero-order valence-electron chi connectivity index (χ0n) is 19.0. The van der Waals surface area contributed by atoms with Crippen LogP contribution < -0.4 is 15.8 Å². The van der Waals surface area contributed by atoms with Crippen LogP contribution in [0.25, 0.3) is 22.6 Å². The van der Waals surface area contributed by atoms with E-state index in [1.165, 1.54) is 0 Å². The van der Waals surface area contributed by atoms with E-state index in [-0.39, 0.29) is 12.1 Å². The number of pyridine rings is 1. The zero-order valence-corrected chi connectivity index (χ0v) is 19.8. The predicted octanol–water partition coefficient (Wildman–Crippen LogP) is 4.07. The molecule has 0 amide bonds. The van der Waals surface area contributed by atoms with Gasteiger partial charge in [-0.3, -0.25) is 4.79 Å². The first-order chi connectivity index (χ1) is 17.1. The highest BCUT2D eigenvalue weighted by atomic mass is 35.5. The minimum atomic E-state index is -0.794. The van der Waals surface area contributed by atoms with Gasteiger partial charge in [-0.25, -0.2) is 4.98 Å². The van der Waals surface area contributed by atoms with Gasteiger partial charge >= 0.3 is 0 Å². The van der Waals surface area contributed by atoms with Crippen molar-refractivity contribution in [2.75, 3.05) is 43.1 Å². The molecule has 0 radical (unpaired) electrons. The average Bonchev–Trinajstić information content (AvgIpc) is 3.37. The third-order valence-corrected chi connectivity index (χ3v) is 6.28. The van der Waals surface area contributed by atoms with Gasteiger partial charge in [-0.05, 0) is 41.5 Å². The van der Waals surface area contributed by atoms with Gasteiger partial charge < -0.3 is 30.0 Å². The fraction of sp³-hybridized carbons (Fsp3) is 0.231. The Labute approximate surface area is 207 Å². The second kappa shape index (κ2) is 10.4. The fourth-order valence-electron chi connectivity index (χ4n) is 4.17. The van der Waals surface area contributed by atoms with Crippen molar-refractivity contribution < 1.29 is 9.84 Å². The number of imidazole rings is 1. The number of morpholine rings is 1. The lowest BCUT2D eigenvalue weighted by molar-refractivity contribution is 0.122. The van der Waals surface area contributed by atoms with Gasteiger partial charge in [0, 0.05) is 36.5 Å². The maximum absolute atomic E-state index is 12.7. The maximum Gasteiger partial charge on any atom is 0.261 e. The van der Waals surface area contributed by atoms with Crippen molar-refractivity contribution in [3.05, 3.63) is 87.9 Å². The second-order valence-corrected chi connectivity index (χ2v) is 8.78. The van der Waals surface area contributed by atoms with Gasteiger partial charge in [0.15, 0.2) is 0 Å². The summed E-state index contributed by atoms with van der Waals surface area (Å²) in [5, 5.41) is 14.3. The number of aliphatic hydroxyl groups is 1. The van der Waals surface area contributed by atoms with Crippen molar-refractivity contribution in [3.8, 4) is 22.6 Å². The molecule has 9 heteroatoms. The van der Waals surface area contributed by atoms with E-state index in [0.29, 0.717) is 27.7 Å². The van der Waals surface area contributed by atoms with Gasteiger partial charge in [-0.1, -0.05) is 35.9 Å². The largest absolute Gasteiger partial charge is 0.387 e. The molecule has 2 aromatic carbocycles. The topological polar surface area (TPSA) is 106 Å². The highest BCUT2D eigenvalue weighted by Gasteiger charge is 2.16. The van der Waals surface area contributed by atoms with E-state index in [4.69, 9.17) is 16.3 Å². The van der Waals surface area contributed by atoms with Gasteiger partial charge in [0.05, 0.1) is 36.9 Å². The summed E-state index contributed by atoms with van der Waals surface area (Å²) in [6.45, 7) is 3.44. The first-order valence-electron chi connectivity index (χ1n) is 11.5. The number of hydrogen-bond donors (Lipinski definition) is 4. The molecule has 8 nitrogen and oxygen atoms in total. The van der Waals surface area contributed by atoms with Crippen molar-refractivity contribution in [3.63, 3.8) is 0 Å². The van der Waals surface area contributed by atoms with Crippen LogP contribution >= 0.6 is 11.6 Å². The number of aromatic amines is 2. The van der Waals surface area contributed by atoms with Crippen LogP contribution in [0.15, 0.2) is 71.8 Å². The lowest BCUT2D eigenvalue weighted by Gasteiger charge is -2.28. The molecule has 4 N–H and O–H groups in total. The van der Waals surface area contributed by atoms with Gasteiger partial charge in [0.1, 0.15) is 11.4 Å². The quantitative estimate of drug-likeness (QED) is 0.310. The Morgan fingerprint density at radius 1 is 1.14 bits per heavy atom. The third-order valence-electron chi connectivity index (χ3n) is 6.05. The highest BCUT2D eigenvalue weighted by Crippen LogP contribution is 2.27. The SMILES string of the molecule is O=c1[nH]ccc(NCC(O)c2cccc(Cl)c2)c1-c1ncc(-c2ccc(N3CCOCC3)cc2)[nH]1. The number of aromatic nitrogens is 3. The average molecular weight is 492 g/mol. The summed E-state index contributed by atoms with van der Waals surface area (Å²) in [6, 6.07) is 17.1. The smallest absolute Gasteiger partial charge is 0.261 e. The third kappa shape index (κ3) is 5.24. The van der Waals surface area contributed by atoms with E-state index >= 15 is 0 Å². The first-order valence-corrected chi connectivity index (χ1v) is 11.8. The Hall–Kier alpha value is -3.59. The monoisotopic (exact) mass is 491 g/mol. The molecular formula is C26H26ClN5O3. The van der Waals surface area contributed by atoms with Crippen LogP contribution in [0.2, 0.25) is 5.02 Å². The molecule has 1 aliphatic heterocycles. The molecule has 3 heterocycles. The molecule has 1 saturated heterocycles. The van der Waals surface area contributed by atoms with Crippen molar-refractivity contribution in [2.45, 2.75) is 6.10 Å². The van der Waals surface area contributed by atoms with Crippen LogP contribution in [0.3, 0.4) is 0 Å². The molecule has 0 aliphatic carbocycles. The number of anilines is 2. The molecule has 0 spiro atoms. The van der Waals surface area contributed by atoms with Crippen LogP contribution in [-0.2, 0) is 4.74 Å². The van der Waals surface area contributed by atoms with E-state index in [0.717, 1.165) is 43.2 Å². The van der Waals surface area contributed by atoms with Crippen molar-refractivity contribution in [1.29, 1.82) is 0 Å². The molecule has 1 aliphatic rings. The molecule has 2 aromatic heterocycles. The van der Waals surface area contributed by atoms with Crippen molar-refractivity contribution in [1.82, 2.24) is 15.0 Å². The summed E-state index contributed by atoms with van der Waals surface area (Å²) < 4.78 is 5.43. The van der Waals surface area contributed by atoms with E-state index in [2.05, 4.69) is 37.3 Å². The van der Waals surface area contributed by atoms with E-state index in [1.54, 1.807) is 42.7 Å². The molecule has 35 heavy (non-hydrogen) atoms. The first kappa shape index (κ1) is 23.2. The lowest BCUT2D eigenvalue weighted by atomic mass is 10.1. The Bertz CT molecular complexity index is 1350. The second-order valence-electron chi connectivity index (χ2n) is 8.34. The van der Waals surface area contributed by atoms with Crippen LogP contribution in [-0.4, -0.2) is 52.9 Å². The molecule has 5 rings (SSSR count). The lowest BCUT2D eigenvalue weighted by Crippen LogP contribution is -2.36. The predicted molar refractivity (Wildman–Crippen MR) is 138 cm³/mol. The van der Waals surface area contributed by atoms with Gasteiger partial charge in [0.2, 0.25) is 0 Å². The number of hydrogen-bond acceptors (Lipinski definition) is 6. The van der Waals surface area contributed by atoms with Crippen molar-refractivity contribution in [2.24, 2.45) is 0 Å². The summed E-state index contributed by atoms with van der Waals surface area (Å²) >= 11 is 6.04. The standard InChI is InChI=1S/C26H26ClN5O3/c27-19-3-1-2-18(14-19)23(33)16-29-21-8-9-28-26(34)24(21)25-30-15-22(31-25)17-4-6-20(7-5-17)32-10-12-35-13-11-32/h1-9,14-15,23,33H,10-13,16H2,(H,30,31)(H2,28,29,34). The molecule has 0 bridgehead atoms.